The maximum absolute atomic E-state index is 12.1. The monoisotopic (exact) mass is 337 g/mol. The molecule has 1 aromatic carbocycles. The van der Waals surface area contributed by atoms with E-state index < -0.39 is 12.0 Å². The standard InChI is InChI=1S/C14H16ClN5O3/c1-3-11(14(22)16-8-12(21)23-2)20-18-13(17-19-20)9-4-6-10(15)7-5-9/h4-7,11H,3,8H2,1-2H3,(H,16,22). The number of rotatable bonds is 6. The fraction of sp³-hybridized carbons (Fsp3) is 0.357. The van der Waals surface area contributed by atoms with Crippen LogP contribution in [-0.2, 0) is 14.3 Å². The van der Waals surface area contributed by atoms with E-state index in [1.807, 2.05) is 6.92 Å². The number of esters is 1. The van der Waals surface area contributed by atoms with Crippen molar-refractivity contribution in [2.75, 3.05) is 13.7 Å². The number of aromatic nitrogens is 4. The molecule has 2 aromatic rings. The van der Waals surface area contributed by atoms with Crippen molar-refractivity contribution in [3.8, 4) is 11.4 Å². The van der Waals surface area contributed by atoms with Crippen LogP contribution in [0.4, 0.5) is 0 Å². The molecular weight excluding hydrogens is 322 g/mol. The van der Waals surface area contributed by atoms with E-state index in [2.05, 4.69) is 25.5 Å². The molecule has 0 spiro atoms. The minimum atomic E-state index is -0.659. The Hall–Kier alpha value is -2.48. The van der Waals surface area contributed by atoms with Crippen LogP contribution in [-0.4, -0.2) is 45.7 Å². The van der Waals surface area contributed by atoms with E-state index in [4.69, 9.17) is 11.6 Å². The summed E-state index contributed by atoms with van der Waals surface area (Å²) in [6, 6.07) is 6.31. The van der Waals surface area contributed by atoms with Crippen molar-refractivity contribution in [3.63, 3.8) is 0 Å². The van der Waals surface area contributed by atoms with Crippen LogP contribution in [0.2, 0.25) is 5.02 Å². The first kappa shape index (κ1) is 16.9. The summed E-state index contributed by atoms with van der Waals surface area (Å²) in [5.74, 6) is -0.513. The quantitative estimate of drug-likeness (QED) is 0.796. The molecule has 122 valence electrons. The van der Waals surface area contributed by atoms with Gasteiger partial charge in [0.1, 0.15) is 6.54 Å². The first-order valence-electron chi connectivity index (χ1n) is 6.95. The van der Waals surface area contributed by atoms with Crippen LogP contribution in [0, 0.1) is 0 Å². The van der Waals surface area contributed by atoms with Crippen LogP contribution < -0.4 is 5.32 Å². The van der Waals surface area contributed by atoms with Gasteiger partial charge < -0.3 is 10.1 Å². The van der Waals surface area contributed by atoms with Crippen LogP contribution in [0.3, 0.4) is 0 Å². The van der Waals surface area contributed by atoms with Crippen molar-refractivity contribution >= 4 is 23.5 Å². The molecule has 0 bridgehead atoms. The molecule has 1 aromatic heterocycles. The van der Waals surface area contributed by atoms with Crippen LogP contribution in [0.15, 0.2) is 24.3 Å². The molecule has 0 radical (unpaired) electrons. The number of carbonyl (C=O) groups excluding carboxylic acids is 2. The van der Waals surface area contributed by atoms with E-state index in [0.29, 0.717) is 17.3 Å². The maximum atomic E-state index is 12.1. The normalized spacial score (nSPS) is 11.8. The zero-order valence-electron chi connectivity index (χ0n) is 12.7. The number of amides is 1. The second kappa shape index (κ2) is 7.68. The lowest BCUT2D eigenvalue weighted by atomic mass is 10.2. The van der Waals surface area contributed by atoms with Gasteiger partial charge in [-0.1, -0.05) is 18.5 Å². The highest BCUT2D eigenvalue weighted by Crippen LogP contribution is 2.18. The summed E-state index contributed by atoms with van der Waals surface area (Å²) in [5, 5.41) is 15.2. The summed E-state index contributed by atoms with van der Waals surface area (Å²) < 4.78 is 4.48. The number of nitrogens with one attached hydrogen (secondary N) is 1. The summed E-state index contributed by atoms with van der Waals surface area (Å²) in [6.07, 6.45) is 0.448. The van der Waals surface area contributed by atoms with E-state index >= 15 is 0 Å². The van der Waals surface area contributed by atoms with Gasteiger partial charge in [-0.25, -0.2) is 0 Å². The van der Waals surface area contributed by atoms with Gasteiger partial charge in [0.05, 0.1) is 7.11 Å². The van der Waals surface area contributed by atoms with Gasteiger partial charge in [0, 0.05) is 10.6 Å². The molecule has 0 aliphatic carbocycles. The van der Waals surface area contributed by atoms with E-state index in [1.54, 1.807) is 24.3 Å². The number of methoxy groups -OCH3 is 1. The Morgan fingerprint density at radius 3 is 2.65 bits per heavy atom. The van der Waals surface area contributed by atoms with Gasteiger partial charge in [0.25, 0.3) is 0 Å². The largest absolute Gasteiger partial charge is 0.468 e. The lowest BCUT2D eigenvalue weighted by Gasteiger charge is -2.12. The molecular formula is C14H16ClN5O3. The molecule has 1 N–H and O–H groups in total. The lowest BCUT2D eigenvalue weighted by Crippen LogP contribution is -2.36. The number of ether oxygens (including phenoxy) is 1. The van der Waals surface area contributed by atoms with Crippen molar-refractivity contribution in [2.45, 2.75) is 19.4 Å². The highest BCUT2D eigenvalue weighted by atomic mass is 35.5. The van der Waals surface area contributed by atoms with E-state index in [1.165, 1.54) is 11.9 Å². The van der Waals surface area contributed by atoms with Gasteiger partial charge in [0.15, 0.2) is 6.04 Å². The number of hydrogen-bond donors (Lipinski definition) is 1. The van der Waals surface area contributed by atoms with Crippen molar-refractivity contribution in [1.29, 1.82) is 0 Å². The zero-order valence-corrected chi connectivity index (χ0v) is 13.4. The summed E-state index contributed by atoms with van der Waals surface area (Å²) in [5.41, 5.74) is 0.741. The van der Waals surface area contributed by atoms with E-state index in [0.717, 1.165) is 5.56 Å². The Balaban J connectivity index is 2.11. The summed E-state index contributed by atoms with van der Waals surface area (Å²) in [6.45, 7) is 1.61. The summed E-state index contributed by atoms with van der Waals surface area (Å²) >= 11 is 5.84. The molecule has 0 fully saturated rings. The molecule has 0 saturated carbocycles. The van der Waals surface area contributed by atoms with Crippen LogP contribution in [0.1, 0.15) is 19.4 Å². The van der Waals surface area contributed by atoms with E-state index in [9.17, 15) is 9.59 Å². The van der Waals surface area contributed by atoms with Gasteiger partial charge in [-0.2, -0.15) is 4.80 Å². The highest BCUT2D eigenvalue weighted by molar-refractivity contribution is 6.30. The Bertz CT molecular complexity index is 686. The second-order valence-corrected chi connectivity index (χ2v) is 5.09. The van der Waals surface area contributed by atoms with Gasteiger partial charge in [-0.15, -0.1) is 10.2 Å². The molecule has 0 aliphatic rings. The fourth-order valence-electron chi connectivity index (χ4n) is 1.87. The first-order chi connectivity index (χ1) is 11.0. The van der Waals surface area contributed by atoms with Gasteiger partial charge in [-0.3, -0.25) is 9.59 Å². The Morgan fingerprint density at radius 2 is 2.04 bits per heavy atom. The number of nitrogens with zero attached hydrogens (tertiary/aromatic N) is 4. The predicted molar refractivity (Wildman–Crippen MR) is 82.6 cm³/mol. The number of carbonyl (C=O) groups is 2. The third kappa shape index (κ3) is 4.26. The number of hydrogen-bond acceptors (Lipinski definition) is 6. The predicted octanol–water partition coefficient (Wildman–Crippen LogP) is 1.23. The zero-order chi connectivity index (χ0) is 16.8. The third-order valence-corrected chi connectivity index (χ3v) is 3.39. The van der Waals surface area contributed by atoms with Crippen LogP contribution in [0.5, 0.6) is 0 Å². The van der Waals surface area contributed by atoms with Gasteiger partial charge >= 0.3 is 5.97 Å². The minimum Gasteiger partial charge on any atom is -0.468 e. The number of benzene rings is 1. The number of halogens is 1. The Morgan fingerprint density at radius 1 is 1.35 bits per heavy atom. The molecule has 8 nitrogen and oxygen atoms in total. The molecule has 0 saturated heterocycles. The molecule has 1 unspecified atom stereocenters. The summed E-state index contributed by atoms with van der Waals surface area (Å²) in [4.78, 5) is 24.4. The topological polar surface area (TPSA) is 99.0 Å². The van der Waals surface area contributed by atoms with Gasteiger partial charge in [0.2, 0.25) is 11.7 Å². The molecule has 23 heavy (non-hydrogen) atoms. The average molecular weight is 338 g/mol. The van der Waals surface area contributed by atoms with Crippen LogP contribution >= 0.6 is 11.6 Å². The SMILES string of the molecule is CCC(C(=O)NCC(=O)OC)n1nnc(-c2ccc(Cl)cc2)n1. The Labute approximate surface area is 137 Å². The molecule has 1 heterocycles. The number of tetrazole rings is 1. The minimum absolute atomic E-state index is 0.204. The summed E-state index contributed by atoms with van der Waals surface area (Å²) in [7, 11) is 1.25. The Kier molecular flexibility index (Phi) is 5.64. The van der Waals surface area contributed by atoms with Crippen LogP contribution in [0.25, 0.3) is 11.4 Å². The first-order valence-corrected chi connectivity index (χ1v) is 7.33. The second-order valence-electron chi connectivity index (χ2n) is 4.66. The van der Waals surface area contributed by atoms with Crippen molar-refractivity contribution < 1.29 is 14.3 Å². The third-order valence-electron chi connectivity index (χ3n) is 3.13. The average Bonchev–Trinajstić information content (AvgIpc) is 3.03. The molecule has 1 amide bonds. The molecule has 2 rings (SSSR count). The van der Waals surface area contributed by atoms with Crippen molar-refractivity contribution in [2.24, 2.45) is 0 Å². The van der Waals surface area contributed by atoms with E-state index in [-0.39, 0.29) is 12.5 Å². The van der Waals surface area contributed by atoms with Gasteiger partial charge in [-0.05, 0) is 35.9 Å². The fourth-order valence-corrected chi connectivity index (χ4v) is 2.00. The smallest absolute Gasteiger partial charge is 0.325 e. The molecule has 1 atom stereocenters. The lowest BCUT2D eigenvalue weighted by molar-refractivity contribution is -0.141. The van der Waals surface area contributed by atoms with Crippen molar-refractivity contribution in [1.82, 2.24) is 25.5 Å². The maximum Gasteiger partial charge on any atom is 0.325 e. The highest BCUT2D eigenvalue weighted by Gasteiger charge is 2.22. The van der Waals surface area contributed by atoms with Crippen molar-refractivity contribution in [3.05, 3.63) is 29.3 Å². The molecule has 0 aliphatic heterocycles. The molecule has 9 heteroatoms.